The van der Waals surface area contributed by atoms with Crippen LogP contribution in [0.1, 0.15) is 32.1 Å². The van der Waals surface area contributed by atoms with Crippen molar-refractivity contribution in [3.05, 3.63) is 0 Å². The van der Waals surface area contributed by atoms with Crippen LogP contribution < -0.4 is 5.14 Å². The molecule has 2 N–H and O–H groups in total. The van der Waals surface area contributed by atoms with E-state index in [4.69, 9.17) is 9.88 Å². The Morgan fingerprint density at radius 1 is 1.12 bits per heavy atom. The first-order chi connectivity index (χ1) is 8.03. The van der Waals surface area contributed by atoms with E-state index in [2.05, 4.69) is 4.90 Å². The normalized spacial score (nSPS) is 24.8. The molecule has 0 amide bonds. The lowest BCUT2D eigenvalue weighted by atomic mass is 9.95. The Morgan fingerprint density at radius 3 is 2.18 bits per heavy atom. The lowest BCUT2D eigenvalue weighted by molar-refractivity contribution is -0.0729. The number of hydrogen-bond donors (Lipinski definition) is 1. The quantitative estimate of drug-likeness (QED) is 0.774. The molecule has 0 atom stereocenters. The molecule has 6 heteroatoms. The first kappa shape index (κ1) is 13.3. The van der Waals surface area contributed by atoms with Crippen LogP contribution >= 0.6 is 0 Å². The van der Waals surface area contributed by atoms with Crippen LogP contribution in [0.15, 0.2) is 0 Å². The van der Waals surface area contributed by atoms with Crippen LogP contribution in [0, 0.1) is 0 Å². The second-order valence-electron chi connectivity index (χ2n) is 5.10. The molecule has 2 fully saturated rings. The summed E-state index contributed by atoms with van der Waals surface area (Å²) in [5.41, 5.74) is 0. The molecule has 0 aromatic heterocycles. The number of rotatable bonds is 5. The van der Waals surface area contributed by atoms with Gasteiger partial charge in [-0.05, 0) is 32.1 Å². The van der Waals surface area contributed by atoms with Gasteiger partial charge in [0.15, 0.2) is 0 Å². The van der Waals surface area contributed by atoms with Gasteiger partial charge in [-0.1, -0.05) is 0 Å². The summed E-state index contributed by atoms with van der Waals surface area (Å²) in [5, 5.41) is 4.99. The molecule has 1 heterocycles. The van der Waals surface area contributed by atoms with Gasteiger partial charge in [-0.15, -0.1) is 0 Å². The third kappa shape index (κ3) is 4.54. The van der Waals surface area contributed by atoms with E-state index < -0.39 is 10.0 Å². The second kappa shape index (κ2) is 5.65. The fourth-order valence-electron chi connectivity index (χ4n) is 2.30. The molecule has 0 spiro atoms. The minimum absolute atomic E-state index is 0.0567. The Hall–Kier alpha value is -0.170. The average molecular weight is 262 g/mol. The predicted octanol–water partition coefficient (Wildman–Crippen LogP) is 0.308. The Morgan fingerprint density at radius 2 is 1.71 bits per heavy atom. The zero-order valence-corrected chi connectivity index (χ0v) is 11.0. The molecule has 0 aromatic carbocycles. The maximum atomic E-state index is 10.9. The van der Waals surface area contributed by atoms with Crippen LogP contribution in [0.25, 0.3) is 0 Å². The van der Waals surface area contributed by atoms with E-state index in [1.54, 1.807) is 0 Å². The average Bonchev–Trinajstić information content (AvgIpc) is 2.21. The summed E-state index contributed by atoms with van der Waals surface area (Å²) in [6.07, 6.45) is 6.64. The van der Waals surface area contributed by atoms with Crippen molar-refractivity contribution >= 4 is 10.0 Å². The predicted molar refractivity (Wildman–Crippen MR) is 66.2 cm³/mol. The van der Waals surface area contributed by atoms with Gasteiger partial charge in [0.2, 0.25) is 10.0 Å². The van der Waals surface area contributed by atoms with Crippen molar-refractivity contribution in [1.82, 2.24) is 4.90 Å². The van der Waals surface area contributed by atoms with Crippen LogP contribution in [0.2, 0.25) is 0 Å². The summed E-state index contributed by atoms with van der Waals surface area (Å²) in [5.74, 6) is 0.0567. The number of sulfonamides is 1. The summed E-state index contributed by atoms with van der Waals surface area (Å²) in [7, 11) is -3.32. The van der Waals surface area contributed by atoms with Crippen LogP contribution in [0.3, 0.4) is 0 Å². The number of piperidine rings is 1. The standard InChI is InChI=1S/C11H22N2O3S/c12-17(14,15)9-8-13-6-4-11(5-7-13)16-10-2-1-3-10/h10-11H,1-9H2,(H2,12,14,15). The third-order valence-corrected chi connectivity index (χ3v) is 4.42. The highest BCUT2D eigenvalue weighted by molar-refractivity contribution is 7.89. The summed E-state index contributed by atoms with van der Waals surface area (Å²) in [6.45, 7) is 2.40. The van der Waals surface area contributed by atoms with E-state index in [-0.39, 0.29) is 5.75 Å². The van der Waals surface area contributed by atoms with Crippen molar-refractivity contribution in [2.45, 2.75) is 44.3 Å². The van der Waals surface area contributed by atoms with E-state index in [1.165, 1.54) is 19.3 Å². The topological polar surface area (TPSA) is 72.6 Å². The van der Waals surface area contributed by atoms with Crippen molar-refractivity contribution in [3.8, 4) is 0 Å². The molecular formula is C11H22N2O3S. The second-order valence-corrected chi connectivity index (χ2v) is 6.83. The van der Waals surface area contributed by atoms with Crippen LogP contribution in [0.5, 0.6) is 0 Å². The van der Waals surface area contributed by atoms with Gasteiger partial charge in [-0.2, -0.15) is 0 Å². The van der Waals surface area contributed by atoms with Gasteiger partial charge in [0.25, 0.3) is 0 Å². The summed E-state index contributed by atoms with van der Waals surface area (Å²) in [6, 6.07) is 0. The van der Waals surface area contributed by atoms with Gasteiger partial charge in [0.1, 0.15) is 0 Å². The van der Waals surface area contributed by atoms with Gasteiger partial charge >= 0.3 is 0 Å². The van der Waals surface area contributed by atoms with Crippen LogP contribution in [-0.4, -0.2) is 50.9 Å². The van der Waals surface area contributed by atoms with Gasteiger partial charge in [0, 0.05) is 19.6 Å². The zero-order valence-electron chi connectivity index (χ0n) is 10.2. The maximum Gasteiger partial charge on any atom is 0.210 e. The lowest BCUT2D eigenvalue weighted by Crippen LogP contribution is -2.41. The molecule has 0 bridgehead atoms. The van der Waals surface area contributed by atoms with Gasteiger partial charge in [0.05, 0.1) is 18.0 Å². The monoisotopic (exact) mass is 262 g/mol. The van der Waals surface area contributed by atoms with Crippen LogP contribution in [0.4, 0.5) is 0 Å². The molecule has 0 unspecified atom stereocenters. The minimum atomic E-state index is -3.32. The van der Waals surface area contributed by atoms with Crippen molar-refractivity contribution in [2.24, 2.45) is 5.14 Å². The van der Waals surface area contributed by atoms with Crippen molar-refractivity contribution in [1.29, 1.82) is 0 Å². The van der Waals surface area contributed by atoms with Crippen molar-refractivity contribution in [3.63, 3.8) is 0 Å². The largest absolute Gasteiger partial charge is 0.375 e. The highest BCUT2D eigenvalue weighted by Crippen LogP contribution is 2.26. The van der Waals surface area contributed by atoms with Crippen molar-refractivity contribution in [2.75, 3.05) is 25.4 Å². The molecule has 100 valence electrons. The molecule has 0 aromatic rings. The van der Waals surface area contributed by atoms with Gasteiger partial charge < -0.3 is 9.64 Å². The smallest absolute Gasteiger partial charge is 0.210 e. The third-order valence-electron chi connectivity index (χ3n) is 3.66. The number of ether oxygens (including phenoxy) is 1. The summed E-state index contributed by atoms with van der Waals surface area (Å²) >= 11 is 0. The minimum Gasteiger partial charge on any atom is -0.375 e. The highest BCUT2D eigenvalue weighted by atomic mass is 32.2. The Labute approximate surface area is 103 Å². The zero-order chi connectivity index (χ0) is 12.3. The van der Waals surface area contributed by atoms with E-state index in [1.807, 2.05) is 0 Å². The summed E-state index contributed by atoms with van der Waals surface area (Å²) in [4.78, 5) is 2.16. The lowest BCUT2D eigenvalue weighted by Gasteiger charge is -2.36. The SMILES string of the molecule is NS(=O)(=O)CCN1CCC(OC2CCC2)CC1. The number of primary sulfonamides is 1. The number of likely N-dealkylation sites (tertiary alicyclic amines) is 1. The van der Waals surface area contributed by atoms with Crippen molar-refractivity contribution < 1.29 is 13.2 Å². The number of nitrogens with zero attached hydrogens (tertiary/aromatic N) is 1. The van der Waals surface area contributed by atoms with E-state index in [0.29, 0.717) is 18.8 Å². The molecule has 1 saturated heterocycles. The fourth-order valence-corrected chi connectivity index (χ4v) is 2.82. The van der Waals surface area contributed by atoms with E-state index in [9.17, 15) is 8.42 Å². The molecule has 1 aliphatic carbocycles. The molecule has 0 radical (unpaired) electrons. The number of hydrogen-bond acceptors (Lipinski definition) is 4. The fraction of sp³-hybridized carbons (Fsp3) is 1.00. The highest BCUT2D eigenvalue weighted by Gasteiger charge is 2.26. The molecule has 17 heavy (non-hydrogen) atoms. The number of nitrogens with two attached hydrogens (primary N) is 1. The Bertz CT molecular complexity index is 333. The van der Waals surface area contributed by atoms with Gasteiger partial charge in [-0.3, -0.25) is 0 Å². The molecule has 1 aliphatic heterocycles. The molecular weight excluding hydrogens is 240 g/mol. The Balaban J connectivity index is 1.63. The molecule has 5 nitrogen and oxygen atoms in total. The van der Waals surface area contributed by atoms with E-state index in [0.717, 1.165) is 25.9 Å². The van der Waals surface area contributed by atoms with E-state index >= 15 is 0 Å². The summed E-state index contributed by atoms with van der Waals surface area (Å²) < 4.78 is 27.7. The first-order valence-electron chi connectivity index (χ1n) is 6.41. The molecule has 2 rings (SSSR count). The van der Waals surface area contributed by atoms with Crippen LogP contribution in [-0.2, 0) is 14.8 Å². The first-order valence-corrected chi connectivity index (χ1v) is 8.13. The molecule has 1 saturated carbocycles. The maximum absolute atomic E-state index is 10.9. The van der Waals surface area contributed by atoms with Gasteiger partial charge in [-0.25, -0.2) is 13.6 Å². The Kier molecular flexibility index (Phi) is 4.41. The molecule has 2 aliphatic rings.